The van der Waals surface area contributed by atoms with E-state index in [1.165, 1.54) is 11.3 Å². The molecule has 1 aromatic rings. The number of nitrogens with one attached hydrogen (secondary N) is 1. The van der Waals surface area contributed by atoms with E-state index in [0.29, 0.717) is 12.3 Å². The largest absolute Gasteiger partial charge is 0.495 e. The van der Waals surface area contributed by atoms with Gasteiger partial charge in [-0.15, -0.1) is 0 Å². The summed E-state index contributed by atoms with van der Waals surface area (Å²) in [5.41, 5.74) is 3.31. The number of carbonyl (C=O) groups excluding carboxylic acids is 1. The molecule has 0 saturated heterocycles. The molecule has 1 atom stereocenters. The zero-order valence-corrected chi connectivity index (χ0v) is 9.41. The first-order chi connectivity index (χ1) is 7.70. The first-order valence-corrected chi connectivity index (χ1v) is 5.42. The highest BCUT2D eigenvalue weighted by atomic mass is 16.5. The maximum Gasteiger partial charge on any atom is 0.225 e. The molecular formula is C12H14N2O2. The number of likely N-dealkylation sites (N-methyl/N-ethyl adjacent to an activating group) is 1. The van der Waals surface area contributed by atoms with Gasteiger partial charge in [-0.2, -0.15) is 0 Å². The van der Waals surface area contributed by atoms with Crippen LogP contribution in [-0.2, 0) is 4.79 Å². The minimum absolute atomic E-state index is 0.0863. The van der Waals surface area contributed by atoms with Gasteiger partial charge in [-0.25, -0.2) is 0 Å². The van der Waals surface area contributed by atoms with Gasteiger partial charge < -0.3 is 15.0 Å². The SMILES string of the molecule is COc1ccc2c3c1NC(=O)CC3CN2C. The number of nitrogens with zero attached hydrogens (tertiary/aromatic N) is 1. The zero-order chi connectivity index (χ0) is 11.3. The Hall–Kier alpha value is -1.71. The van der Waals surface area contributed by atoms with Crippen LogP contribution in [0.15, 0.2) is 12.1 Å². The van der Waals surface area contributed by atoms with Crippen molar-refractivity contribution in [1.29, 1.82) is 0 Å². The molecule has 16 heavy (non-hydrogen) atoms. The summed E-state index contributed by atoms with van der Waals surface area (Å²) >= 11 is 0. The summed E-state index contributed by atoms with van der Waals surface area (Å²) in [5.74, 6) is 1.16. The van der Waals surface area contributed by atoms with Gasteiger partial charge in [-0.3, -0.25) is 4.79 Å². The molecule has 3 rings (SSSR count). The van der Waals surface area contributed by atoms with Crippen LogP contribution < -0.4 is 15.0 Å². The Morgan fingerprint density at radius 1 is 1.50 bits per heavy atom. The number of benzene rings is 1. The molecule has 1 unspecified atom stereocenters. The van der Waals surface area contributed by atoms with Crippen LogP contribution in [0.1, 0.15) is 17.9 Å². The maximum absolute atomic E-state index is 11.6. The Balaban J connectivity index is 2.23. The molecule has 1 amide bonds. The fraction of sp³-hybridized carbons (Fsp3) is 0.417. The average molecular weight is 218 g/mol. The van der Waals surface area contributed by atoms with Crippen molar-refractivity contribution < 1.29 is 9.53 Å². The number of ether oxygens (including phenoxy) is 1. The molecule has 1 N–H and O–H groups in total. The van der Waals surface area contributed by atoms with Crippen LogP contribution in [0, 0.1) is 0 Å². The molecule has 2 heterocycles. The molecule has 84 valence electrons. The van der Waals surface area contributed by atoms with Crippen LogP contribution in [-0.4, -0.2) is 26.6 Å². The lowest BCUT2D eigenvalue weighted by Crippen LogP contribution is -2.24. The smallest absolute Gasteiger partial charge is 0.225 e. The second-order valence-electron chi connectivity index (χ2n) is 4.41. The summed E-state index contributed by atoms with van der Waals surface area (Å²) in [4.78, 5) is 13.8. The van der Waals surface area contributed by atoms with Gasteiger partial charge in [0.1, 0.15) is 5.75 Å². The monoisotopic (exact) mass is 218 g/mol. The molecule has 0 radical (unpaired) electrons. The summed E-state index contributed by atoms with van der Waals surface area (Å²) in [6.07, 6.45) is 0.581. The quantitative estimate of drug-likeness (QED) is 0.778. The van der Waals surface area contributed by atoms with Crippen molar-refractivity contribution in [3.05, 3.63) is 17.7 Å². The van der Waals surface area contributed by atoms with E-state index in [1.807, 2.05) is 6.07 Å². The molecular weight excluding hydrogens is 204 g/mol. The Morgan fingerprint density at radius 2 is 2.31 bits per heavy atom. The molecule has 0 saturated carbocycles. The Bertz CT molecular complexity index is 470. The molecule has 1 aromatic carbocycles. The second-order valence-corrected chi connectivity index (χ2v) is 4.41. The lowest BCUT2D eigenvalue weighted by Gasteiger charge is -2.22. The van der Waals surface area contributed by atoms with E-state index in [2.05, 4.69) is 23.3 Å². The first kappa shape index (κ1) is 9.51. The van der Waals surface area contributed by atoms with Crippen LogP contribution in [0.5, 0.6) is 5.75 Å². The van der Waals surface area contributed by atoms with E-state index in [9.17, 15) is 4.79 Å². The predicted octanol–water partition coefficient (Wildman–Crippen LogP) is 1.57. The number of methoxy groups -OCH3 is 1. The molecule has 2 aliphatic heterocycles. The van der Waals surface area contributed by atoms with Gasteiger partial charge in [-0.05, 0) is 12.1 Å². The Morgan fingerprint density at radius 3 is 3.06 bits per heavy atom. The van der Waals surface area contributed by atoms with Gasteiger partial charge in [-0.1, -0.05) is 0 Å². The number of anilines is 2. The summed E-state index contributed by atoms with van der Waals surface area (Å²) in [7, 11) is 3.69. The number of rotatable bonds is 1. The van der Waals surface area contributed by atoms with Gasteiger partial charge in [0.25, 0.3) is 0 Å². The molecule has 0 aliphatic carbocycles. The number of hydrogen-bond acceptors (Lipinski definition) is 3. The number of carbonyl (C=O) groups is 1. The fourth-order valence-electron chi connectivity index (χ4n) is 2.73. The average Bonchev–Trinajstić information content (AvgIpc) is 2.57. The molecule has 0 spiro atoms. The zero-order valence-electron chi connectivity index (χ0n) is 9.41. The van der Waals surface area contributed by atoms with Crippen molar-refractivity contribution in [1.82, 2.24) is 0 Å². The van der Waals surface area contributed by atoms with Gasteiger partial charge in [0.2, 0.25) is 5.91 Å². The highest BCUT2D eigenvalue weighted by Gasteiger charge is 2.36. The molecule has 0 fully saturated rings. The fourth-order valence-corrected chi connectivity index (χ4v) is 2.73. The molecule has 2 aliphatic rings. The summed E-state index contributed by atoms with van der Waals surface area (Å²) < 4.78 is 5.29. The first-order valence-electron chi connectivity index (χ1n) is 5.42. The predicted molar refractivity (Wildman–Crippen MR) is 62.3 cm³/mol. The molecule has 0 bridgehead atoms. The van der Waals surface area contributed by atoms with E-state index >= 15 is 0 Å². The topological polar surface area (TPSA) is 41.6 Å². The minimum Gasteiger partial charge on any atom is -0.495 e. The normalized spacial score (nSPS) is 21.8. The third kappa shape index (κ3) is 1.13. The number of hydrogen-bond donors (Lipinski definition) is 1. The van der Waals surface area contributed by atoms with Crippen molar-refractivity contribution in [3.8, 4) is 5.75 Å². The van der Waals surface area contributed by atoms with Gasteiger partial charge in [0.05, 0.1) is 12.8 Å². The Labute approximate surface area is 94.2 Å². The standard InChI is InChI=1S/C12H14N2O2/c1-14-6-7-5-10(15)13-12-9(16-2)4-3-8(14)11(7)12/h3-4,7H,5-6H2,1-2H3,(H,13,15). The van der Waals surface area contributed by atoms with Crippen molar-refractivity contribution in [2.45, 2.75) is 12.3 Å². The lowest BCUT2D eigenvalue weighted by atomic mass is 9.92. The summed E-state index contributed by atoms with van der Waals surface area (Å²) in [6.45, 7) is 0.920. The van der Waals surface area contributed by atoms with E-state index in [1.54, 1.807) is 7.11 Å². The Kier molecular flexibility index (Phi) is 1.87. The van der Waals surface area contributed by atoms with Gasteiger partial charge >= 0.3 is 0 Å². The van der Waals surface area contributed by atoms with E-state index in [0.717, 1.165) is 18.0 Å². The minimum atomic E-state index is 0.0863. The molecule has 0 aromatic heterocycles. The van der Waals surface area contributed by atoms with E-state index in [4.69, 9.17) is 4.74 Å². The highest BCUT2D eigenvalue weighted by molar-refractivity contribution is 5.99. The van der Waals surface area contributed by atoms with Crippen LogP contribution in [0.2, 0.25) is 0 Å². The highest BCUT2D eigenvalue weighted by Crippen LogP contribution is 2.48. The van der Waals surface area contributed by atoms with Gasteiger partial charge in [0.15, 0.2) is 0 Å². The van der Waals surface area contributed by atoms with Crippen LogP contribution in [0.3, 0.4) is 0 Å². The van der Waals surface area contributed by atoms with Crippen molar-refractivity contribution in [2.75, 3.05) is 30.9 Å². The third-order valence-electron chi connectivity index (χ3n) is 3.41. The number of amides is 1. The van der Waals surface area contributed by atoms with Crippen molar-refractivity contribution in [3.63, 3.8) is 0 Å². The lowest BCUT2D eigenvalue weighted by molar-refractivity contribution is -0.116. The summed E-state index contributed by atoms with van der Waals surface area (Å²) in [6, 6.07) is 3.98. The third-order valence-corrected chi connectivity index (χ3v) is 3.41. The van der Waals surface area contributed by atoms with Crippen LogP contribution >= 0.6 is 0 Å². The second kappa shape index (κ2) is 3.14. The van der Waals surface area contributed by atoms with Crippen molar-refractivity contribution in [2.24, 2.45) is 0 Å². The van der Waals surface area contributed by atoms with Crippen LogP contribution in [0.25, 0.3) is 0 Å². The van der Waals surface area contributed by atoms with Crippen molar-refractivity contribution >= 4 is 17.3 Å². The maximum atomic E-state index is 11.6. The molecule has 4 heteroatoms. The van der Waals surface area contributed by atoms with E-state index < -0.39 is 0 Å². The van der Waals surface area contributed by atoms with Crippen LogP contribution in [0.4, 0.5) is 11.4 Å². The van der Waals surface area contributed by atoms with E-state index in [-0.39, 0.29) is 5.91 Å². The van der Waals surface area contributed by atoms with Gasteiger partial charge in [0, 0.05) is 37.2 Å². The summed E-state index contributed by atoms with van der Waals surface area (Å²) in [5, 5.41) is 2.92. The molecule has 4 nitrogen and oxygen atoms in total.